The molecule has 0 radical (unpaired) electrons. The summed E-state index contributed by atoms with van der Waals surface area (Å²) in [5, 5.41) is 2.86. The zero-order chi connectivity index (χ0) is 11.4. The third-order valence-electron chi connectivity index (χ3n) is 2.06. The number of anilines is 1. The van der Waals surface area contributed by atoms with E-state index in [4.69, 9.17) is 0 Å². The molecule has 1 N–H and O–H groups in total. The highest BCUT2D eigenvalue weighted by atomic mass is 79.9. The van der Waals surface area contributed by atoms with Crippen LogP contribution in [0.1, 0.15) is 18.1 Å². The summed E-state index contributed by atoms with van der Waals surface area (Å²) >= 11 is 3.42. The molecular weight excluding hydrogens is 254 g/mol. The van der Waals surface area contributed by atoms with Crippen LogP contribution in [0.2, 0.25) is 0 Å². The lowest BCUT2D eigenvalue weighted by molar-refractivity contribution is -0.111. The molecule has 0 saturated carbocycles. The van der Waals surface area contributed by atoms with E-state index in [-0.39, 0.29) is 5.91 Å². The second-order valence-electron chi connectivity index (χ2n) is 3.40. The molecule has 1 rings (SSSR count). The number of hydrogen-bond donors (Lipinski definition) is 1. The van der Waals surface area contributed by atoms with E-state index in [0.29, 0.717) is 0 Å². The van der Waals surface area contributed by atoms with Crippen LogP contribution in [-0.4, -0.2) is 5.91 Å². The summed E-state index contributed by atoms with van der Waals surface area (Å²) in [4.78, 5) is 11.4. The highest BCUT2D eigenvalue weighted by Gasteiger charge is 2.05. The van der Waals surface area contributed by atoms with Crippen LogP contribution in [0.3, 0.4) is 0 Å². The zero-order valence-electron chi connectivity index (χ0n) is 9.10. The molecule has 0 aliphatic carbocycles. The van der Waals surface area contributed by atoms with Crippen LogP contribution in [0.4, 0.5) is 5.69 Å². The van der Waals surface area contributed by atoms with Gasteiger partial charge in [-0.2, -0.15) is 0 Å². The van der Waals surface area contributed by atoms with Gasteiger partial charge in [-0.15, -0.1) is 0 Å². The Bertz CT molecular complexity index is 387. The molecule has 3 heteroatoms. The van der Waals surface area contributed by atoms with Crippen LogP contribution in [0.15, 0.2) is 28.8 Å². The number of carbonyl (C=O) groups excluding carboxylic acids is 1. The molecule has 0 fully saturated rings. The quantitative estimate of drug-likeness (QED) is 0.816. The molecule has 0 atom stereocenters. The molecular formula is C12H14BrNO. The minimum Gasteiger partial charge on any atom is -0.322 e. The lowest BCUT2D eigenvalue weighted by atomic mass is 10.1. The van der Waals surface area contributed by atoms with Gasteiger partial charge in [0, 0.05) is 10.2 Å². The van der Waals surface area contributed by atoms with Crippen LogP contribution < -0.4 is 5.32 Å². The summed E-state index contributed by atoms with van der Waals surface area (Å²) in [6, 6.07) is 3.97. The number of hydrogen-bond acceptors (Lipinski definition) is 1. The number of benzene rings is 1. The second kappa shape index (κ2) is 5.12. The van der Waals surface area contributed by atoms with Crippen molar-refractivity contribution in [1.82, 2.24) is 0 Å². The Hall–Kier alpha value is -1.09. The molecule has 0 bridgehead atoms. The highest BCUT2D eigenvalue weighted by molar-refractivity contribution is 9.10. The monoisotopic (exact) mass is 267 g/mol. The summed E-state index contributed by atoms with van der Waals surface area (Å²) in [7, 11) is 0. The fraction of sp³-hybridized carbons (Fsp3) is 0.250. The maximum Gasteiger partial charge on any atom is 0.248 e. The molecule has 0 aliphatic rings. The fourth-order valence-electron chi connectivity index (χ4n) is 1.42. The van der Waals surface area contributed by atoms with Gasteiger partial charge in [0.15, 0.2) is 0 Å². The molecule has 0 saturated heterocycles. The number of allylic oxidation sites excluding steroid dienone is 1. The lowest BCUT2D eigenvalue weighted by Crippen LogP contribution is -2.10. The largest absolute Gasteiger partial charge is 0.322 e. The molecule has 2 nitrogen and oxygen atoms in total. The first kappa shape index (κ1) is 12.0. The minimum absolute atomic E-state index is 0.0916. The number of amides is 1. The number of carbonyl (C=O) groups is 1. The SMILES string of the molecule is CC=CC(=O)Nc1c(C)cc(Br)cc1C. The van der Waals surface area contributed by atoms with E-state index in [9.17, 15) is 4.79 Å². The fourth-order valence-corrected chi connectivity index (χ4v) is 2.11. The maximum atomic E-state index is 11.4. The van der Waals surface area contributed by atoms with E-state index in [1.54, 1.807) is 6.08 Å². The molecule has 0 heterocycles. The van der Waals surface area contributed by atoms with E-state index < -0.39 is 0 Å². The lowest BCUT2D eigenvalue weighted by Gasteiger charge is -2.10. The van der Waals surface area contributed by atoms with Gasteiger partial charge in [0.05, 0.1) is 0 Å². The highest BCUT2D eigenvalue weighted by Crippen LogP contribution is 2.24. The van der Waals surface area contributed by atoms with Crippen LogP contribution in [0.5, 0.6) is 0 Å². The molecule has 0 unspecified atom stereocenters. The van der Waals surface area contributed by atoms with Gasteiger partial charge in [0.1, 0.15) is 0 Å². The Balaban J connectivity index is 3.00. The van der Waals surface area contributed by atoms with Crippen molar-refractivity contribution in [1.29, 1.82) is 0 Å². The standard InChI is InChI=1S/C12H14BrNO/c1-4-5-11(15)14-12-8(2)6-10(13)7-9(12)3/h4-7H,1-3H3,(H,14,15). The van der Waals surface area contributed by atoms with Crippen molar-refractivity contribution < 1.29 is 4.79 Å². The zero-order valence-corrected chi connectivity index (χ0v) is 10.7. The smallest absolute Gasteiger partial charge is 0.248 e. The first-order chi connectivity index (χ1) is 7.04. The first-order valence-electron chi connectivity index (χ1n) is 4.75. The number of halogens is 1. The molecule has 0 spiro atoms. The van der Waals surface area contributed by atoms with Gasteiger partial charge in [-0.05, 0) is 50.1 Å². The van der Waals surface area contributed by atoms with Gasteiger partial charge in [0.2, 0.25) is 5.91 Å². The van der Waals surface area contributed by atoms with Gasteiger partial charge in [-0.1, -0.05) is 22.0 Å². The Labute approximate surface area is 98.5 Å². The van der Waals surface area contributed by atoms with Crippen molar-refractivity contribution in [2.75, 3.05) is 5.32 Å². The van der Waals surface area contributed by atoms with Gasteiger partial charge in [0.25, 0.3) is 0 Å². The van der Waals surface area contributed by atoms with Gasteiger partial charge in [-0.3, -0.25) is 4.79 Å². The summed E-state index contributed by atoms with van der Waals surface area (Å²) in [5.41, 5.74) is 3.00. The predicted molar refractivity (Wildman–Crippen MR) is 67.1 cm³/mol. The normalized spacial score (nSPS) is 10.7. The van der Waals surface area contributed by atoms with E-state index >= 15 is 0 Å². The molecule has 0 aliphatic heterocycles. The molecule has 15 heavy (non-hydrogen) atoms. The third-order valence-corrected chi connectivity index (χ3v) is 2.52. The average molecular weight is 268 g/mol. The molecule has 1 aromatic rings. The second-order valence-corrected chi connectivity index (χ2v) is 4.32. The van der Waals surface area contributed by atoms with Crippen LogP contribution in [0, 0.1) is 13.8 Å². The van der Waals surface area contributed by atoms with Gasteiger partial charge < -0.3 is 5.32 Å². The molecule has 1 amide bonds. The van der Waals surface area contributed by atoms with E-state index in [2.05, 4.69) is 21.2 Å². The number of rotatable bonds is 2. The third kappa shape index (κ3) is 3.20. The van der Waals surface area contributed by atoms with E-state index in [0.717, 1.165) is 21.3 Å². The molecule has 0 aromatic heterocycles. The Morgan fingerprint density at radius 2 is 1.87 bits per heavy atom. The summed E-state index contributed by atoms with van der Waals surface area (Å²) in [6.45, 7) is 5.77. The van der Waals surface area contributed by atoms with Crippen LogP contribution in [-0.2, 0) is 4.79 Å². The van der Waals surface area contributed by atoms with Gasteiger partial charge >= 0.3 is 0 Å². The van der Waals surface area contributed by atoms with E-state index in [1.165, 1.54) is 6.08 Å². The van der Waals surface area contributed by atoms with Crippen molar-refractivity contribution in [3.63, 3.8) is 0 Å². The Morgan fingerprint density at radius 1 is 1.33 bits per heavy atom. The predicted octanol–water partition coefficient (Wildman–Crippen LogP) is 3.58. The first-order valence-corrected chi connectivity index (χ1v) is 5.54. The molecule has 1 aromatic carbocycles. The van der Waals surface area contributed by atoms with Crippen molar-refractivity contribution in [2.45, 2.75) is 20.8 Å². The summed E-state index contributed by atoms with van der Waals surface area (Å²) < 4.78 is 1.03. The van der Waals surface area contributed by atoms with Crippen molar-refractivity contribution >= 4 is 27.5 Å². The van der Waals surface area contributed by atoms with Crippen molar-refractivity contribution in [3.05, 3.63) is 39.9 Å². The van der Waals surface area contributed by atoms with Gasteiger partial charge in [-0.25, -0.2) is 0 Å². The maximum absolute atomic E-state index is 11.4. The summed E-state index contributed by atoms with van der Waals surface area (Å²) in [5.74, 6) is -0.0916. The molecule has 80 valence electrons. The Kier molecular flexibility index (Phi) is 4.09. The van der Waals surface area contributed by atoms with Crippen molar-refractivity contribution in [3.8, 4) is 0 Å². The Morgan fingerprint density at radius 3 is 2.33 bits per heavy atom. The average Bonchev–Trinajstić information content (AvgIpc) is 2.11. The number of nitrogens with one attached hydrogen (secondary N) is 1. The summed E-state index contributed by atoms with van der Waals surface area (Å²) in [6.07, 6.45) is 3.24. The minimum atomic E-state index is -0.0916. The van der Waals surface area contributed by atoms with Crippen molar-refractivity contribution in [2.24, 2.45) is 0 Å². The van der Waals surface area contributed by atoms with Crippen LogP contribution >= 0.6 is 15.9 Å². The van der Waals surface area contributed by atoms with Crippen LogP contribution in [0.25, 0.3) is 0 Å². The topological polar surface area (TPSA) is 29.1 Å². The van der Waals surface area contributed by atoms with E-state index in [1.807, 2.05) is 32.9 Å². The number of aryl methyl sites for hydroxylation is 2.